The highest BCUT2D eigenvalue weighted by molar-refractivity contribution is 6.30. The molecule has 0 saturated carbocycles. The summed E-state index contributed by atoms with van der Waals surface area (Å²) in [6.07, 6.45) is 0.465. The number of hydrogen-bond donors (Lipinski definition) is 0. The summed E-state index contributed by atoms with van der Waals surface area (Å²) in [4.78, 5) is 11.3. The van der Waals surface area contributed by atoms with Gasteiger partial charge in [-0.15, -0.1) is 11.6 Å². The highest BCUT2D eigenvalue weighted by Gasteiger charge is 2.16. The van der Waals surface area contributed by atoms with E-state index in [2.05, 4.69) is 0 Å². The molecule has 94 valence electrons. The molecule has 1 rings (SSSR count). The van der Waals surface area contributed by atoms with Crippen molar-refractivity contribution in [1.29, 1.82) is 0 Å². The van der Waals surface area contributed by atoms with Gasteiger partial charge in [0.25, 0.3) is 0 Å². The molecule has 0 heterocycles. The zero-order valence-corrected chi connectivity index (χ0v) is 10.9. The quantitative estimate of drug-likeness (QED) is 0.580. The minimum Gasteiger partial charge on any atom is -0.494 e. The maximum atomic E-state index is 11.3. The number of rotatable bonds is 6. The van der Waals surface area contributed by atoms with Crippen molar-refractivity contribution in [3.8, 4) is 5.75 Å². The summed E-state index contributed by atoms with van der Waals surface area (Å²) in [6, 6.07) is 7.54. The van der Waals surface area contributed by atoms with Crippen molar-refractivity contribution in [3.05, 3.63) is 29.8 Å². The molecule has 1 aromatic rings. The molecule has 4 heteroatoms. The molecule has 3 nitrogen and oxygen atoms in total. The molecular weight excluding hydrogens is 240 g/mol. The Morgan fingerprint density at radius 2 is 1.88 bits per heavy atom. The Morgan fingerprint density at radius 1 is 1.24 bits per heavy atom. The van der Waals surface area contributed by atoms with Crippen LogP contribution in [0.5, 0.6) is 5.75 Å². The van der Waals surface area contributed by atoms with Crippen molar-refractivity contribution >= 4 is 17.6 Å². The molecule has 0 amide bonds. The molecule has 1 aromatic carbocycles. The van der Waals surface area contributed by atoms with Crippen molar-refractivity contribution in [2.75, 3.05) is 13.2 Å². The second-order valence-electron chi connectivity index (χ2n) is 3.50. The van der Waals surface area contributed by atoms with Crippen LogP contribution in [0.15, 0.2) is 24.3 Å². The summed E-state index contributed by atoms with van der Waals surface area (Å²) >= 11 is 5.94. The third-order valence-corrected chi connectivity index (χ3v) is 2.52. The van der Waals surface area contributed by atoms with Gasteiger partial charge in [0.05, 0.1) is 13.2 Å². The van der Waals surface area contributed by atoms with E-state index >= 15 is 0 Å². The average molecular weight is 257 g/mol. The largest absolute Gasteiger partial charge is 0.494 e. The van der Waals surface area contributed by atoms with Crippen LogP contribution >= 0.6 is 11.6 Å². The van der Waals surface area contributed by atoms with Gasteiger partial charge in [-0.1, -0.05) is 12.1 Å². The van der Waals surface area contributed by atoms with E-state index in [0.29, 0.717) is 19.6 Å². The molecule has 0 spiro atoms. The van der Waals surface area contributed by atoms with Crippen LogP contribution in [0.3, 0.4) is 0 Å². The van der Waals surface area contributed by atoms with E-state index < -0.39 is 5.38 Å². The maximum Gasteiger partial charge on any atom is 0.324 e. The molecule has 0 aliphatic heterocycles. The molecule has 1 atom stereocenters. The molecule has 0 radical (unpaired) electrons. The third kappa shape index (κ3) is 4.65. The van der Waals surface area contributed by atoms with Crippen molar-refractivity contribution < 1.29 is 14.3 Å². The zero-order valence-electron chi connectivity index (χ0n) is 10.1. The highest BCUT2D eigenvalue weighted by Crippen LogP contribution is 2.15. The second-order valence-corrected chi connectivity index (χ2v) is 4.03. The Bertz CT molecular complexity index is 348. The Balaban J connectivity index is 2.53. The highest BCUT2D eigenvalue weighted by atomic mass is 35.5. The van der Waals surface area contributed by atoms with Crippen molar-refractivity contribution in [2.45, 2.75) is 25.6 Å². The fraction of sp³-hybridized carbons (Fsp3) is 0.462. The maximum absolute atomic E-state index is 11.3. The van der Waals surface area contributed by atoms with Gasteiger partial charge >= 0.3 is 5.97 Å². The summed E-state index contributed by atoms with van der Waals surface area (Å²) < 4.78 is 10.2. The van der Waals surface area contributed by atoms with Gasteiger partial charge in [0.15, 0.2) is 0 Å². The molecule has 0 fully saturated rings. The number of alkyl halides is 1. The second kappa shape index (κ2) is 7.17. The normalized spacial score (nSPS) is 11.9. The fourth-order valence-electron chi connectivity index (χ4n) is 1.41. The minimum atomic E-state index is -0.632. The number of ether oxygens (including phenoxy) is 2. The van der Waals surface area contributed by atoms with Crippen LogP contribution in [0.1, 0.15) is 19.4 Å². The molecule has 0 saturated heterocycles. The fourth-order valence-corrected chi connectivity index (χ4v) is 1.65. The van der Waals surface area contributed by atoms with E-state index in [-0.39, 0.29) is 5.97 Å². The van der Waals surface area contributed by atoms with Crippen LogP contribution in [0.4, 0.5) is 0 Å². The van der Waals surface area contributed by atoms with E-state index in [1.165, 1.54) is 0 Å². The lowest BCUT2D eigenvalue weighted by Gasteiger charge is -2.09. The average Bonchev–Trinajstić information content (AvgIpc) is 2.32. The Kier molecular flexibility index (Phi) is 5.84. The minimum absolute atomic E-state index is 0.353. The van der Waals surface area contributed by atoms with Gasteiger partial charge in [-0.3, -0.25) is 4.79 Å². The number of halogens is 1. The predicted octanol–water partition coefficient (Wildman–Crippen LogP) is 2.80. The molecule has 0 aliphatic rings. The van der Waals surface area contributed by atoms with Crippen molar-refractivity contribution in [3.63, 3.8) is 0 Å². The third-order valence-electron chi connectivity index (χ3n) is 2.19. The first kappa shape index (κ1) is 13.8. The van der Waals surface area contributed by atoms with Crippen molar-refractivity contribution in [1.82, 2.24) is 0 Å². The smallest absolute Gasteiger partial charge is 0.324 e. The zero-order chi connectivity index (χ0) is 12.7. The standard InChI is InChI=1S/C13H17ClO3/c1-3-16-11-7-5-10(6-8-11)9-12(14)13(15)17-4-2/h5-8,12H,3-4,9H2,1-2H3. The van der Waals surface area contributed by atoms with E-state index in [1.54, 1.807) is 6.92 Å². The van der Waals surface area contributed by atoms with E-state index in [1.807, 2.05) is 31.2 Å². The van der Waals surface area contributed by atoms with Gasteiger partial charge in [0, 0.05) is 0 Å². The number of carbonyl (C=O) groups excluding carboxylic acids is 1. The number of carbonyl (C=O) groups is 1. The molecule has 0 N–H and O–H groups in total. The van der Waals surface area contributed by atoms with Gasteiger partial charge in [0.2, 0.25) is 0 Å². The summed E-state index contributed by atoms with van der Waals surface area (Å²) in [7, 11) is 0. The Hall–Kier alpha value is -1.22. The molecule has 0 aliphatic carbocycles. The Morgan fingerprint density at radius 3 is 2.41 bits per heavy atom. The first-order valence-corrected chi connectivity index (χ1v) is 6.13. The summed E-state index contributed by atoms with van der Waals surface area (Å²) in [6.45, 7) is 4.69. The van der Waals surface area contributed by atoms with Gasteiger partial charge < -0.3 is 9.47 Å². The van der Waals surface area contributed by atoms with Crippen LogP contribution in [0, 0.1) is 0 Å². The van der Waals surface area contributed by atoms with Crippen LogP contribution in [0.2, 0.25) is 0 Å². The SMILES string of the molecule is CCOC(=O)C(Cl)Cc1ccc(OCC)cc1. The molecular formula is C13H17ClO3. The lowest BCUT2D eigenvalue weighted by molar-refractivity contribution is -0.142. The lowest BCUT2D eigenvalue weighted by Crippen LogP contribution is -2.20. The number of esters is 1. The van der Waals surface area contributed by atoms with Crippen LogP contribution < -0.4 is 4.74 Å². The lowest BCUT2D eigenvalue weighted by atomic mass is 10.1. The molecule has 0 aromatic heterocycles. The topological polar surface area (TPSA) is 35.5 Å². The molecule has 17 heavy (non-hydrogen) atoms. The summed E-state index contributed by atoms with van der Waals surface area (Å²) in [5, 5.41) is -0.632. The van der Waals surface area contributed by atoms with E-state index in [4.69, 9.17) is 21.1 Å². The monoisotopic (exact) mass is 256 g/mol. The van der Waals surface area contributed by atoms with Gasteiger partial charge in [-0.05, 0) is 38.0 Å². The van der Waals surface area contributed by atoms with Gasteiger partial charge in [-0.25, -0.2) is 0 Å². The summed E-state index contributed by atoms with van der Waals surface area (Å²) in [5.41, 5.74) is 0.988. The molecule has 0 bridgehead atoms. The predicted molar refractivity (Wildman–Crippen MR) is 67.6 cm³/mol. The van der Waals surface area contributed by atoms with E-state index in [9.17, 15) is 4.79 Å². The van der Waals surface area contributed by atoms with Crippen LogP contribution in [-0.2, 0) is 16.0 Å². The number of benzene rings is 1. The molecule has 1 unspecified atom stereocenters. The van der Waals surface area contributed by atoms with Crippen LogP contribution in [0.25, 0.3) is 0 Å². The Labute approximate surface area is 107 Å². The van der Waals surface area contributed by atoms with Gasteiger partial charge in [0.1, 0.15) is 11.1 Å². The summed E-state index contributed by atoms with van der Waals surface area (Å²) in [5.74, 6) is 0.446. The first-order chi connectivity index (χ1) is 8.17. The van der Waals surface area contributed by atoms with Crippen molar-refractivity contribution in [2.24, 2.45) is 0 Å². The first-order valence-electron chi connectivity index (χ1n) is 5.69. The van der Waals surface area contributed by atoms with E-state index in [0.717, 1.165) is 11.3 Å². The van der Waals surface area contributed by atoms with Crippen LogP contribution in [-0.4, -0.2) is 24.6 Å². The number of hydrogen-bond acceptors (Lipinski definition) is 3. The van der Waals surface area contributed by atoms with Gasteiger partial charge in [-0.2, -0.15) is 0 Å².